The Labute approximate surface area is 111 Å². The number of halogens is 4. The van der Waals surface area contributed by atoms with E-state index in [0.717, 1.165) is 6.42 Å². The largest absolute Gasteiger partial charge is 0.573 e. The molecule has 0 fully saturated rings. The molecule has 1 aromatic carbocycles. The highest BCUT2D eigenvalue weighted by atomic mass is 79.9. The molecule has 0 bridgehead atoms. The summed E-state index contributed by atoms with van der Waals surface area (Å²) >= 11 is 7.00. The molecule has 0 N–H and O–H groups in total. The lowest BCUT2D eigenvalue weighted by Gasteiger charge is -2.12. The number of thiol groups is 1. The van der Waals surface area contributed by atoms with E-state index in [1.807, 2.05) is 0 Å². The Morgan fingerprint density at radius 2 is 2.00 bits per heavy atom. The summed E-state index contributed by atoms with van der Waals surface area (Å²) in [7, 11) is 0. The second-order valence-electron chi connectivity index (χ2n) is 3.07. The lowest BCUT2D eigenvalue weighted by atomic mass is 10.3. The topological polar surface area (TPSA) is 18.5 Å². The van der Waals surface area contributed by atoms with E-state index in [4.69, 9.17) is 4.74 Å². The first-order chi connectivity index (χ1) is 7.92. The van der Waals surface area contributed by atoms with E-state index < -0.39 is 6.36 Å². The molecule has 0 spiro atoms. The minimum Gasteiger partial charge on any atom is -0.494 e. The Morgan fingerprint density at radius 1 is 1.29 bits per heavy atom. The quantitative estimate of drug-likeness (QED) is 0.648. The van der Waals surface area contributed by atoms with E-state index in [9.17, 15) is 13.2 Å². The van der Waals surface area contributed by atoms with E-state index in [2.05, 4.69) is 33.3 Å². The van der Waals surface area contributed by atoms with Gasteiger partial charge in [0, 0.05) is 0 Å². The summed E-state index contributed by atoms with van der Waals surface area (Å²) in [5, 5.41) is 0. The van der Waals surface area contributed by atoms with Crippen molar-refractivity contribution in [1.82, 2.24) is 0 Å². The lowest BCUT2D eigenvalue weighted by Crippen LogP contribution is -2.17. The predicted molar refractivity (Wildman–Crippen MR) is 64.8 cm³/mol. The first kappa shape index (κ1) is 14.5. The van der Waals surface area contributed by atoms with Crippen LogP contribution in [0.2, 0.25) is 0 Å². The van der Waals surface area contributed by atoms with Crippen molar-refractivity contribution in [2.24, 2.45) is 0 Å². The summed E-state index contributed by atoms with van der Waals surface area (Å²) in [6.45, 7) is 0.468. The summed E-state index contributed by atoms with van der Waals surface area (Å²) in [6, 6.07) is 4.05. The van der Waals surface area contributed by atoms with Gasteiger partial charge < -0.3 is 9.47 Å². The Kier molecular flexibility index (Phi) is 5.45. The maximum Gasteiger partial charge on any atom is 0.573 e. The van der Waals surface area contributed by atoms with Crippen molar-refractivity contribution in [2.75, 3.05) is 12.4 Å². The Bertz CT molecular complexity index is 371. The van der Waals surface area contributed by atoms with Gasteiger partial charge in [-0.05, 0) is 46.3 Å². The SMILES string of the molecule is FC(F)(F)Oc1ccc(OCCCS)cc1Br. The number of ether oxygens (including phenoxy) is 2. The number of benzene rings is 1. The fraction of sp³-hybridized carbons (Fsp3) is 0.400. The van der Waals surface area contributed by atoms with Gasteiger partial charge in [0.1, 0.15) is 11.5 Å². The zero-order valence-electron chi connectivity index (χ0n) is 8.63. The van der Waals surface area contributed by atoms with Crippen LogP contribution in [-0.2, 0) is 0 Å². The second kappa shape index (κ2) is 6.39. The molecule has 0 aliphatic carbocycles. The molecular formula is C10H10BrF3O2S. The van der Waals surface area contributed by atoms with Gasteiger partial charge in [-0.25, -0.2) is 0 Å². The Balaban J connectivity index is 2.66. The van der Waals surface area contributed by atoms with E-state index in [0.29, 0.717) is 18.1 Å². The van der Waals surface area contributed by atoms with Crippen LogP contribution in [0.25, 0.3) is 0 Å². The zero-order valence-corrected chi connectivity index (χ0v) is 11.1. The molecule has 1 rings (SSSR count). The molecule has 0 unspecified atom stereocenters. The van der Waals surface area contributed by atoms with Gasteiger partial charge in [0.2, 0.25) is 0 Å². The van der Waals surface area contributed by atoms with Crippen LogP contribution in [0.5, 0.6) is 11.5 Å². The van der Waals surface area contributed by atoms with Crippen LogP contribution in [0.15, 0.2) is 22.7 Å². The maximum absolute atomic E-state index is 12.0. The lowest BCUT2D eigenvalue weighted by molar-refractivity contribution is -0.274. The molecule has 0 heterocycles. The van der Waals surface area contributed by atoms with Gasteiger partial charge in [-0.2, -0.15) is 12.6 Å². The van der Waals surface area contributed by atoms with E-state index in [1.165, 1.54) is 18.2 Å². The van der Waals surface area contributed by atoms with Gasteiger partial charge in [-0.3, -0.25) is 0 Å². The summed E-state index contributed by atoms with van der Waals surface area (Å²) in [5.41, 5.74) is 0. The third-order valence-corrected chi connectivity index (χ3v) is 2.64. The highest BCUT2D eigenvalue weighted by molar-refractivity contribution is 9.10. The molecule has 96 valence electrons. The van der Waals surface area contributed by atoms with Gasteiger partial charge in [0.25, 0.3) is 0 Å². The smallest absolute Gasteiger partial charge is 0.494 e. The molecular weight excluding hydrogens is 321 g/mol. The highest BCUT2D eigenvalue weighted by Crippen LogP contribution is 2.33. The first-order valence-corrected chi connectivity index (χ1v) is 6.14. The average Bonchev–Trinajstić information content (AvgIpc) is 2.21. The van der Waals surface area contributed by atoms with Crippen molar-refractivity contribution in [3.05, 3.63) is 22.7 Å². The van der Waals surface area contributed by atoms with Gasteiger partial charge in [-0.15, -0.1) is 13.2 Å². The fourth-order valence-electron chi connectivity index (χ4n) is 1.03. The van der Waals surface area contributed by atoms with Crippen molar-refractivity contribution < 1.29 is 22.6 Å². The molecule has 0 saturated heterocycles. The van der Waals surface area contributed by atoms with E-state index >= 15 is 0 Å². The summed E-state index contributed by atoms with van der Waals surface area (Å²) in [4.78, 5) is 0. The van der Waals surface area contributed by atoms with Crippen LogP contribution in [0.4, 0.5) is 13.2 Å². The third-order valence-electron chi connectivity index (χ3n) is 1.70. The standard InChI is InChI=1S/C10H10BrF3O2S/c11-8-6-7(15-4-1-5-17)2-3-9(8)16-10(12,13)14/h2-3,6,17H,1,4-5H2. The number of hydrogen-bond acceptors (Lipinski definition) is 3. The molecule has 1 aromatic rings. The van der Waals surface area contributed by atoms with Crippen LogP contribution in [0.3, 0.4) is 0 Å². The maximum atomic E-state index is 12.0. The van der Waals surface area contributed by atoms with Crippen LogP contribution in [0, 0.1) is 0 Å². The molecule has 17 heavy (non-hydrogen) atoms. The molecule has 0 aliphatic heterocycles. The van der Waals surface area contributed by atoms with E-state index in [1.54, 1.807) is 0 Å². The molecule has 7 heteroatoms. The molecule has 0 atom stereocenters. The van der Waals surface area contributed by atoms with Crippen molar-refractivity contribution >= 4 is 28.6 Å². The molecule has 0 saturated carbocycles. The summed E-state index contributed by atoms with van der Waals surface area (Å²) in [5.74, 6) is 0.878. The van der Waals surface area contributed by atoms with Gasteiger partial charge in [-0.1, -0.05) is 0 Å². The summed E-state index contributed by atoms with van der Waals surface area (Å²) in [6.07, 6.45) is -3.93. The third kappa shape index (κ3) is 5.54. The zero-order chi connectivity index (χ0) is 12.9. The number of hydrogen-bond donors (Lipinski definition) is 1. The minimum absolute atomic E-state index is 0.193. The molecule has 0 aromatic heterocycles. The van der Waals surface area contributed by atoms with Gasteiger partial charge >= 0.3 is 6.36 Å². The second-order valence-corrected chi connectivity index (χ2v) is 4.37. The van der Waals surface area contributed by atoms with Crippen LogP contribution < -0.4 is 9.47 Å². The first-order valence-electron chi connectivity index (χ1n) is 4.71. The summed E-state index contributed by atoms with van der Waals surface area (Å²) < 4.78 is 45.3. The van der Waals surface area contributed by atoms with Crippen LogP contribution >= 0.6 is 28.6 Å². The molecule has 0 amide bonds. The normalized spacial score (nSPS) is 11.4. The highest BCUT2D eigenvalue weighted by Gasteiger charge is 2.31. The van der Waals surface area contributed by atoms with Crippen LogP contribution in [-0.4, -0.2) is 18.7 Å². The fourth-order valence-corrected chi connectivity index (χ4v) is 1.60. The predicted octanol–water partition coefficient (Wildman–Crippen LogP) is 4.05. The van der Waals surface area contributed by atoms with Crippen molar-refractivity contribution in [1.29, 1.82) is 0 Å². The van der Waals surface area contributed by atoms with Crippen molar-refractivity contribution in [3.8, 4) is 11.5 Å². The minimum atomic E-state index is -4.70. The van der Waals surface area contributed by atoms with Crippen molar-refractivity contribution in [2.45, 2.75) is 12.8 Å². The van der Waals surface area contributed by atoms with Gasteiger partial charge in [0.15, 0.2) is 0 Å². The monoisotopic (exact) mass is 330 g/mol. The number of rotatable bonds is 5. The molecule has 0 radical (unpaired) electrons. The van der Waals surface area contributed by atoms with E-state index in [-0.39, 0.29) is 10.2 Å². The van der Waals surface area contributed by atoms with Crippen molar-refractivity contribution in [3.63, 3.8) is 0 Å². The van der Waals surface area contributed by atoms with Gasteiger partial charge in [0.05, 0.1) is 11.1 Å². The Morgan fingerprint density at radius 3 is 2.53 bits per heavy atom. The average molecular weight is 331 g/mol. The molecule has 0 aliphatic rings. The molecule has 2 nitrogen and oxygen atoms in total. The number of alkyl halides is 3. The van der Waals surface area contributed by atoms with Crippen LogP contribution in [0.1, 0.15) is 6.42 Å². The Hall–Kier alpha value is -0.560.